The Labute approximate surface area is 111 Å². The number of allylic oxidation sites excluding steroid dienone is 2. The first-order chi connectivity index (χ1) is 6.74. The first-order valence-electron chi connectivity index (χ1n) is 4.62. The fourth-order valence-corrected chi connectivity index (χ4v) is 1.07. The van der Waals surface area contributed by atoms with Crippen molar-refractivity contribution in [2.45, 2.75) is 6.92 Å². The molecule has 0 aromatic heterocycles. The van der Waals surface area contributed by atoms with Gasteiger partial charge in [0.2, 0.25) is 0 Å². The third kappa shape index (κ3) is 4.99. The molecule has 0 unspecified atom stereocenters. The van der Waals surface area contributed by atoms with Crippen LogP contribution in [-0.4, -0.2) is 0 Å². The number of rotatable bonds is 1. The van der Waals surface area contributed by atoms with Crippen molar-refractivity contribution in [2.75, 3.05) is 0 Å². The van der Waals surface area contributed by atoms with Crippen LogP contribution in [0, 0.1) is 0 Å². The summed E-state index contributed by atoms with van der Waals surface area (Å²) in [4.78, 5) is 0. The second-order valence-electron chi connectivity index (χ2n) is 3.21. The summed E-state index contributed by atoms with van der Waals surface area (Å²) >= 11 is 0. The molecule has 2 aromatic rings. The van der Waals surface area contributed by atoms with Gasteiger partial charge in [0.05, 0.1) is 0 Å². The van der Waals surface area contributed by atoms with Gasteiger partial charge in [0.15, 0.2) is 0 Å². The third-order valence-electron chi connectivity index (χ3n) is 1.90. The van der Waals surface area contributed by atoms with Crippen molar-refractivity contribution < 1.29 is 26.2 Å². The molecule has 0 atom stereocenters. The maximum Gasteiger partial charge on any atom is 0 e. The molecule has 0 aliphatic rings. The largest absolute Gasteiger partial charge is 0.168 e. The molecular weight excluding hydrogens is 259 g/mol. The van der Waals surface area contributed by atoms with Crippen molar-refractivity contribution in [1.29, 1.82) is 0 Å². The van der Waals surface area contributed by atoms with Crippen LogP contribution in [0.5, 0.6) is 0 Å². The van der Waals surface area contributed by atoms with Crippen LogP contribution in [0.4, 0.5) is 0 Å². The molecule has 0 spiro atoms. The van der Waals surface area contributed by atoms with Gasteiger partial charge >= 0.3 is 0 Å². The van der Waals surface area contributed by atoms with Crippen LogP contribution in [0.3, 0.4) is 0 Å². The molecule has 0 aliphatic carbocycles. The van der Waals surface area contributed by atoms with E-state index >= 15 is 0 Å². The molecule has 15 heavy (non-hydrogen) atoms. The van der Waals surface area contributed by atoms with Crippen LogP contribution >= 0.6 is 0 Å². The molecule has 0 saturated heterocycles. The van der Waals surface area contributed by atoms with Crippen LogP contribution < -0.4 is 0 Å². The average molecular weight is 274 g/mol. The van der Waals surface area contributed by atoms with Gasteiger partial charge in [-0.05, 0) is 6.92 Å². The Morgan fingerprint density at radius 2 is 1.87 bits per heavy atom. The predicted molar refractivity (Wildman–Crippen MR) is 64.6 cm³/mol. The molecule has 0 amide bonds. The molecule has 0 radical (unpaired) electrons. The molecule has 1 heteroatoms. The van der Waals surface area contributed by atoms with Gasteiger partial charge in [0.1, 0.15) is 0 Å². The Hall–Kier alpha value is -0.807. The first-order valence-corrected chi connectivity index (χ1v) is 4.62. The quantitative estimate of drug-likeness (QED) is 0.537. The molecule has 76 valence electrons. The van der Waals surface area contributed by atoms with Gasteiger partial charge in [-0.25, -0.2) is 0 Å². The summed E-state index contributed by atoms with van der Waals surface area (Å²) in [5.74, 6) is 0. The molecule has 2 aromatic carbocycles. The van der Waals surface area contributed by atoms with Crippen molar-refractivity contribution >= 4 is 10.8 Å². The van der Waals surface area contributed by atoms with Crippen molar-refractivity contribution in [3.63, 3.8) is 0 Å². The normalized spacial score (nSPS) is 8.33. The van der Waals surface area contributed by atoms with Crippen molar-refractivity contribution in [3.8, 4) is 0 Å². The Balaban J connectivity index is 0.000000289. The Bertz CT molecular complexity index is 393. The van der Waals surface area contributed by atoms with Crippen LogP contribution in [0.2, 0.25) is 0 Å². The third-order valence-corrected chi connectivity index (χ3v) is 1.90. The van der Waals surface area contributed by atoms with Gasteiger partial charge in [-0.1, -0.05) is 30.9 Å². The minimum atomic E-state index is 0. The smallest absolute Gasteiger partial charge is 0 e. The maximum atomic E-state index is 3.56. The molecule has 0 fully saturated rings. The van der Waals surface area contributed by atoms with E-state index in [1.54, 1.807) is 6.08 Å². The van der Waals surface area contributed by atoms with Crippen molar-refractivity contribution in [3.05, 3.63) is 67.3 Å². The Morgan fingerprint density at radius 3 is 2.40 bits per heavy atom. The zero-order valence-corrected chi connectivity index (χ0v) is 11.5. The van der Waals surface area contributed by atoms with Gasteiger partial charge in [0.25, 0.3) is 0 Å². The van der Waals surface area contributed by atoms with Crippen molar-refractivity contribution in [2.24, 2.45) is 0 Å². The molecule has 0 saturated carbocycles. The zero-order chi connectivity index (χ0) is 10.4. The SMILES string of the molecule is C=CC(=C)C.[Zr].c1ccc2[cH-]ccc2c1. The van der Waals surface area contributed by atoms with E-state index in [0.29, 0.717) is 0 Å². The molecule has 0 heterocycles. The Morgan fingerprint density at radius 1 is 1.27 bits per heavy atom. The summed E-state index contributed by atoms with van der Waals surface area (Å²) in [6.45, 7) is 8.93. The predicted octanol–water partition coefficient (Wildman–Crippen LogP) is 4.30. The summed E-state index contributed by atoms with van der Waals surface area (Å²) in [7, 11) is 0. The minimum Gasteiger partial charge on any atom is -0.168 e. The van der Waals surface area contributed by atoms with E-state index < -0.39 is 0 Å². The maximum absolute atomic E-state index is 3.56. The summed E-state index contributed by atoms with van der Waals surface area (Å²) in [6, 6.07) is 14.7. The monoisotopic (exact) mass is 273 g/mol. The van der Waals surface area contributed by atoms with Gasteiger partial charge in [0, 0.05) is 26.2 Å². The van der Waals surface area contributed by atoms with E-state index in [2.05, 4.69) is 55.6 Å². The van der Waals surface area contributed by atoms with E-state index in [0.717, 1.165) is 5.57 Å². The number of fused-ring (bicyclic) bond motifs is 1. The van der Waals surface area contributed by atoms with E-state index in [1.165, 1.54) is 10.8 Å². The molecule has 0 N–H and O–H groups in total. The second kappa shape index (κ2) is 7.48. The zero-order valence-electron chi connectivity index (χ0n) is 9.03. The van der Waals surface area contributed by atoms with E-state index in [1.807, 2.05) is 6.92 Å². The van der Waals surface area contributed by atoms with Crippen LogP contribution in [0.15, 0.2) is 67.3 Å². The summed E-state index contributed by atoms with van der Waals surface area (Å²) in [6.07, 6.45) is 1.72. The Kier molecular flexibility index (Phi) is 7.08. The van der Waals surface area contributed by atoms with Crippen LogP contribution in [0.25, 0.3) is 10.8 Å². The molecule has 0 bridgehead atoms. The summed E-state index contributed by atoms with van der Waals surface area (Å²) in [5.41, 5.74) is 1.02. The van der Waals surface area contributed by atoms with Gasteiger partial charge in [-0.3, -0.25) is 0 Å². The average Bonchev–Trinajstić information content (AvgIpc) is 2.66. The second-order valence-corrected chi connectivity index (χ2v) is 3.21. The standard InChI is InChI=1S/C9H7.C5H8.Zr/c1-2-5-9-7-3-6-8(9)4-1;1-4-5(2)3;/h1-7H;4H,1-2H2,3H3;/q-1;;. The number of hydrogen-bond donors (Lipinski definition) is 0. The number of hydrogen-bond acceptors (Lipinski definition) is 0. The number of benzene rings is 1. The van der Waals surface area contributed by atoms with E-state index in [4.69, 9.17) is 0 Å². The fourth-order valence-electron chi connectivity index (χ4n) is 1.07. The summed E-state index contributed by atoms with van der Waals surface area (Å²) in [5, 5.41) is 2.66. The minimum absolute atomic E-state index is 0. The molecular formula is C14H15Zr-. The van der Waals surface area contributed by atoms with Crippen LogP contribution in [-0.2, 0) is 26.2 Å². The first kappa shape index (κ1) is 14.2. The topological polar surface area (TPSA) is 0 Å². The molecule has 0 nitrogen and oxygen atoms in total. The van der Waals surface area contributed by atoms with E-state index in [9.17, 15) is 0 Å². The van der Waals surface area contributed by atoms with Gasteiger partial charge < -0.3 is 0 Å². The van der Waals surface area contributed by atoms with Gasteiger partial charge in [-0.15, -0.1) is 29.7 Å². The summed E-state index contributed by atoms with van der Waals surface area (Å²) < 4.78 is 0. The van der Waals surface area contributed by atoms with E-state index in [-0.39, 0.29) is 26.2 Å². The van der Waals surface area contributed by atoms with Gasteiger partial charge in [-0.2, -0.15) is 17.5 Å². The molecule has 0 aliphatic heterocycles. The van der Waals surface area contributed by atoms with Crippen molar-refractivity contribution in [1.82, 2.24) is 0 Å². The van der Waals surface area contributed by atoms with Crippen LogP contribution in [0.1, 0.15) is 6.92 Å². The fraction of sp³-hybridized carbons (Fsp3) is 0.0714. The molecule has 2 rings (SSSR count).